The summed E-state index contributed by atoms with van der Waals surface area (Å²) in [5.41, 5.74) is 1.23. The first-order chi connectivity index (χ1) is 10.4. The van der Waals surface area contributed by atoms with Gasteiger partial charge in [0.2, 0.25) is 0 Å². The standard InChI is InChI=1S/C20H34O2/c1-7-17-13-21-20(22-19(17)11-8-14(2)3)12-16(6)9-10-18(20)15(4)5/h7,15-19H,1-2,8-13H2,3-6H3/t16-,17+,18+,19-,20+/m0/s1. The summed E-state index contributed by atoms with van der Waals surface area (Å²) in [6, 6.07) is 0. The van der Waals surface area contributed by atoms with Crippen molar-refractivity contribution >= 4 is 0 Å². The topological polar surface area (TPSA) is 18.5 Å². The third-order valence-electron chi connectivity index (χ3n) is 5.48. The quantitative estimate of drug-likeness (QED) is 0.637. The molecule has 0 radical (unpaired) electrons. The van der Waals surface area contributed by atoms with Gasteiger partial charge < -0.3 is 9.47 Å². The molecule has 2 nitrogen and oxygen atoms in total. The number of hydrogen-bond acceptors (Lipinski definition) is 2. The van der Waals surface area contributed by atoms with Crippen molar-refractivity contribution in [3.63, 3.8) is 0 Å². The van der Waals surface area contributed by atoms with E-state index in [0.29, 0.717) is 23.7 Å². The van der Waals surface area contributed by atoms with Gasteiger partial charge in [0.05, 0.1) is 12.7 Å². The predicted octanol–water partition coefficient (Wildman–Crippen LogP) is 5.35. The summed E-state index contributed by atoms with van der Waals surface area (Å²) in [4.78, 5) is 0. The molecule has 126 valence electrons. The fourth-order valence-electron chi connectivity index (χ4n) is 4.17. The normalized spacial score (nSPS) is 39.1. The van der Waals surface area contributed by atoms with Crippen molar-refractivity contribution in [2.24, 2.45) is 23.7 Å². The van der Waals surface area contributed by atoms with E-state index < -0.39 is 0 Å². The van der Waals surface area contributed by atoms with Crippen LogP contribution in [0, 0.1) is 23.7 Å². The molecule has 0 aromatic rings. The molecule has 2 aliphatic rings. The van der Waals surface area contributed by atoms with Crippen molar-refractivity contribution in [2.45, 2.75) is 71.7 Å². The van der Waals surface area contributed by atoms with Crippen molar-refractivity contribution in [1.82, 2.24) is 0 Å². The number of allylic oxidation sites excluding steroid dienone is 1. The summed E-state index contributed by atoms with van der Waals surface area (Å²) in [7, 11) is 0. The first-order valence-corrected chi connectivity index (χ1v) is 8.96. The molecule has 0 bridgehead atoms. The van der Waals surface area contributed by atoms with Crippen molar-refractivity contribution in [3.8, 4) is 0 Å². The second kappa shape index (κ2) is 7.31. The molecule has 0 N–H and O–H groups in total. The van der Waals surface area contributed by atoms with Crippen LogP contribution in [0.5, 0.6) is 0 Å². The molecule has 0 aromatic heterocycles. The van der Waals surface area contributed by atoms with Gasteiger partial charge in [-0.3, -0.25) is 0 Å². The Morgan fingerprint density at radius 1 is 1.36 bits per heavy atom. The Morgan fingerprint density at radius 3 is 2.68 bits per heavy atom. The van der Waals surface area contributed by atoms with E-state index in [1.165, 1.54) is 18.4 Å². The van der Waals surface area contributed by atoms with Gasteiger partial charge in [0, 0.05) is 18.3 Å². The Labute approximate surface area is 137 Å². The zero-order valence-electron chi connectivity index (χ0n) is 14.9. The van der Waals surface area contributed by atoms with E-state index in [2.05, 4.69) is 40.9 Å². The summed E-state index contributed by atoms with van der Waals surface area (Å²) < 4.78 is 13.1. The van der Waals surface area contributed by atoms with Gasteiger partial charge >= 0.3 is 0 Å². The molecule has 2 rings (SSSR count). The Kier molecular flexibility index (Phi) is 5.90. The second-order valence-electron chi connectivity index (χ2n) is 7.91. The molecule has 0 amide bonds. The van der Waals surface area contributed by atoms with Crippen molar-refractivity contribution in [3.05, 3.63) is 24.8 Å². The van der Waals surface area contributed by atoms with E-state index in [1.807, 2.05) is 6.08 Å². The van der Waals surface area contributed by atoms with Crippen LogP contribution >= 0.6 is 0 Å². The zero-order valence-corrected chi connectivity index (χ0v) is 14.9. The summed E-state index contributed by atoms with van der Waals surface area (Å²) in [5, 5.41) is 0. The highest BCUT2D eigenvalue weighted by molar-refractivity contribution is 4.98. The molecule has 5 atom stereocenters. The van der Waals surface area contributed by atoms with E-state index in [9.17, 15) is 0 Å². The van der Waals surface area contributed by atoms with Gasteiger partial charge in [0.15, 0.2) is 5.79 Å². The number of rotatable bonds is 5. The van der Waals surface area contributed by atoms with Crippen LogP contribution < -0.4 is 0 Å². The monoisotopic (exact) mass is 306 g/mol. The molecule has 1 aliphatic heterocycles. The van der Waals surface area contributed by atoms with Gasteiger partial charge in [-0.1, -0.05) is 38.8 Å². The summed E-state index contributed by atoms with van der Waals surface area (Å²) in [5.74, 6) is 1.70. The van der Waals surface area contributed by atoms with Gasteiger partial charge in [0.25, 0.3) is 0 Å². The number of hydrogen-bond donors (Lipinski definition) is 0. The van der Waals surface area contributed by atoms with Crippen molar-refractivity contribution < 1.29 is 9.47 Å². The predicted molar refractivity (Wildman–Crippen MR) is 92.6 cm³/mol. The molecule has 1 saturated heterocycles. The third kappa shape index (κ3) is 3.83. The van der Waals surface area contributed by atoms with Gasteiger partial charge in [-0.25, -0.2) is 0 Å². The van der Waals surface area contributed by atoms with Gasteiger partial charge in [0.1, 0.15) is 0 Å². The summed E-state index contributed by atoms with van der Waals surface area (Å²) >= 11 is 0. The fraction of sp³-hybridized carbons (Fsp3) is 0.800. The molecular formula is C20H34O2. The molecule has 0 unspecified atom stereocenters. The molecular weight excluding hydrogens is 272 g/mol. The molecule has 2 heteroatoms. The van der Waals surface area contributed by atoms with Gasteiger partial charge in [-0.05, 0) is 38.0 Å². The maximum Gasteiger partial charge on any atom is 0.171 e. The lowest BCUT2D eigenvalue weighted by Crippen LogP contribution is -2.56. The van der Waals surface area contributed by atoms with E-state index in [1.54, 1.807) is 0 Å². The van der Waals surface area contributed by atoms with Crippen LogP contribution in [0.4, 0.5) is 0 Å². The largest absolute Gasteiger partial charge is 0.349 e. The van der Waals surface area contributed by atoms with Crippen LogP contribution in [0.25, 0.3) is 0 Å². The molecule has 1 saturated carbocycles. The fourth-order valence-corrected chi connectivity index (χ4v) is 4.17. The molecule has 1 heterocycles. The van der Waals surface area contributed by atoms with E-state index >= 15 is 0 Å². The maximum atomic E-state index is 6.68. The minimum absolute atomic E-state index is 0.217. The lowest BCUT2D eigenvalue weighted by molar-refractivity contribution is -0.349. The lowest BCUT2D eigenvalue weighted by atomic mass is 9.72. The SMILES string of the molecule is C=C[C@@H]1CO[C@]2(C[C@@H](C)CC[C@@H]2C(C)C)O[C@H]1CCC(=C)C. The Balaban J connectivity index is 2.17. The van der Waals surface area contributed by atoms with Crippen LogP contribution in [0.2, 0.25) is 0 Å². The average molecular weight is 306 g/mol. The Bertz CT molecular complexity index is 401. The van der Waals surface area contributed by atoms with Crippen LogP contribution in [0.15, 0.2) is 24.8 Å². The smallest absolute Gasteiger partial charge is 0.171 e. The summed E-state index contributed by atoms with van der Waals surface area (Å²) in [6.07, 6.45) is 7.80. The minimum Gasteiger partial charge on any atom is -0.349 e. The van der Waals surface area contributed by atoms with Gasteiger partial charge in [-0.2, -0.15) is 0 Å². The molecule has 2 fully saturated rings. The summed E-state index contributed by atoms with van der Waals surface area (Å²) in [6.45, 7) is 17.8. The highest BCUT2D eigenvalue weighted by Gasteiger charge is 2.51. The average Bonchev–Trinajstić information content (AvgIpc) is 2.44. The first-order valence-electron chi connectivity index (χ1n) is 8.96. The lowest BCUT2D eigenvalue weighted by Gasteiger charge is -2.53. The van der Waals surface area contributed by atoms with E-state index in [0.717, 1.165) is 25.9 Å². The molecule has 22 heavy (non-hydrogen) atoms. The van der Waals surface area contributed by atoms with Crippen molar-refractivity contribution in [1.29, 1.82) is 0 Å². The maximum absolute atomic E-state index is 6.68. The van der Waals surface area contributed by atoms with Crippen LogP contribution in [0.3, 0.4) is 0 Å². The van der Waals surface area contributed by atoms with Crippen LogP contribution in [0.1, 0.15) is 59.8 Å². The second-order valence-corrected chi connectivity index (χ2v) is 7.91. The molecule has 0 aromatic carbocycles. The first kappa shape index (κ1) is 17.7. The van der Waals surface area contributed by atoms with E-state index in [-0.39, 0.29) is 11.9 Å². The van der Waals surface area contributed by atoms with Crippen LogP contribution in [-0.4, -0.2) is 18.5 Å². The molecule has 1 aliphatic carbocycles. The van der Waals surface area contributed by atoms with Crippen molar-refractivity contribution in [2.75, 3.05) is 6.61 Å². The zero-order chi connectivity index (χ0) is 16.3. The van der Waals surface area contributed by atoms with Crippen LogP contribution in [-0.2, 0) is 9.47 Å². The Hall–Kier alpha value is -0.600. The number of ether oxygens (including phenoxy) is 2. The molecule has 1 spiro atoms. The minimum atomic E-state index is -0.370. The van der Waals surface area contributed by atoms with E-state index in [4.69, 9.17) is 9.47 Å². The third-order valence-corrected chi connectivity index (χ3v) is 5.48. The van der Waals surface area contributed by atoms with Gasteiger partial charge in [-0.15, -0.1) is 13.2 Å². The highest BCUT2D eigenvalue weighted by atomic mass is 16.7. The highest BCUT2D eigenvalue weighted by Crippen LogP contribution is 2.48. The Morgan fingerprint density at radius 2 is 2.09 bits per heavy atom.